The lowest BCUT2D eigenvalue weighted by atomic mass is 10.1. The van der Waals surface area contributed by atoms with Crippen LogP contribution in [0.4, 0.5) is 5.69 Å². The molecule has 78 valence electrons. The third kappa shape index (κ3) is 2.10. The molecule has 0 saturated heterocycles. The molecule has 14 heavy (non-hydrogen) atoms. The van der Waals surface area contributed by atoms with Crippen molar-refractivity contribution in [1.82, 2.24) is 0 Å². The van der Waals surface area contributed by atoms with E-state index < -0.39 is 0 Å². The summed E-state index contributed by atoms with van der Waals surface area (Å²) < 4.78 is 10.4. The van der Waals surface area contributed by atoms with Gasteiger partial charge in [-0.25, -0.2) is 0 Å². The van der Waals surface area contributed by atoms with Gasteiger partial charge in [0.25, 0.3) is 0 Å². The Morgan fingerprint density at radius 3 is 2.43 bits per heavy atom. The van der Waals surface area contributed by atoms with Crippen LogP contribution in [0.15, 0.2) is 12.1 Å². The summed E-state index contributed by atoms with van der Waals surface area (Å²) in [7, 11) is 3.26. The monoisotopic (exact) mass is 195 g/mol. The van der Waals surface area contributed by atoms with E-state index in [1.165, 1.54) is 0 Å². The summed E-state index contributed by atoms with van der Waals surface area (Å²) in [5.41, 5.74) is 7.70. The first-order chi connectivity index (χ1) is 6.72. The first-order valence-electron chi connectivity index (χ1n) is 4.73. The molecule has 0 heterocycles. The van der Waals surface area contributed by atoms with Crippen molar-refractivity contribution >= 4 is 5.69 Å². The molecule has 0 fully saturated rings. The van der Waals surface area contributed by atoms with E-state index in [2.05, 4.69) is 6.92 Å². The first-order valence-corrected chi connectivity index (χ1v) is 4.73. The first kappa shape index (κ1) is 10.7. The van der Waals surface area contributed by atoms with Crippen molar-refractivity contribution in [3.63, 3.8) is 0 Å². The summed E-state index contributed by atoms with van der Waals surface area (Å²) in [5, 5.41) is 0. The van der Waals surface area contributed by atoms with Crippen molar-refractivity contribution in [2.45, 2.75) is 19.8 Å². The fourth-order valence-electron chi connectivity index (χ4n) is 1.46. The van der Waals surface area contributed by atoms with Crippen LogP contribution < -0.4 is 15.2 Å². The number of anilines is 1. The minimum atomic E-state index is 0.735. The molecule has 0 radical (unpaired) electrons. The van der Waals surface area contributed by atoms with Crippen molar-refractivity contribution in [1.29, 1.82) is 0 Å². The number of nitrogens with two attached hydrogens (primary N) is 1. The highest BCUT2D eigenvalue weighted by molar-refractivity contribution is 5.58. The number of methoxy groups -OCH3 is 2. The Hall–Kier alpha value is -1.38. The van der Waals surface area contributed by atoms with Gasteiger partial charge in [0.05, 0.1) is 14.2 Å². The van der Waals surface area contributed by atoms with Gasteiger partial charge in [-0.15, -0.1) is 0 Å². The molecule has 3 heteroatoms. The van der Waals surface area contributed by atoms with E-state index in [-0.39, 0.29) is 0 Å². The average molecular weight is 195 g/mol. The summed E-state index contributed by atoms with van der Waals surface area (Å²) in [6.45, 7) is 2.11. The van der Waals surface area contributed by atoms with Crippen LogP contribution in [-0.2, 0) is 6.42 Å². The highest BCUT2D eigenvalue weighted by atomic mass is 16.5. The van der Waals surface area contributed by atoms with Crippen molar-refractivity contribution in [2.24, 2.45) is 0 Å². The maximum Gasteiger partial charge on any atom is 0.127 e. The number of nitrogen functional groups attached to an aromatic ring is 1. The van der Waals surface area contributed by atoms with Crippen molar-refractivity contribution in [2.75, 3.05) is 20.0 Å². The van der Waals surface area contributed by atoms with Crippen LogP contribution >= 0.6 is 0 Å². The molecule has 0 aromatic heterocycles. The van der Waals surface area contributed by atoms with Gasteiger partial charge in [0.1, 0.15) is 11.5 Å². The van der Waals surface area contributed by atoms with Gasteiger partial charge in [-0.3, -0.25) is 0 Å². The van der Waals surface area contributed by atoms with Crippen LogP contribution in [0.3, 0.4) is 0 Å². The van der Waals surface area contributed by atoms with E-state index in [0.717, 1.165) is 35.6 Å². The summed E-state index contributed by atoms with van der Waals surface area (Å²) in [4.78, 5) is 0. The molecule has 0 unspecified atom stereocenters. The number of benzene rings is 1. The smallest absolute Gasteiger partial charge is 0.127 e. The molecule has 1 aromatic rings. The minimum Gasteiger partial charge on any atom is -0.497 e. The molecule has 3 nitrogen and oxygen atoms in total. The highest BCUT2D eigenvalue weighted by Gasteiger charge is 2.08. The Bertz CT molecular complexity index is 310. The van der Waals surface area contributed by atoms with Gasteiger partial charge in [-0.1, -0.05) is 13.3 Å². The molecule has 0 amide bonds. The van der Waals surface area contributed by atoms with Gasteiger partial charge < -0.3 is 15.2 Å². The molecular weight excluding hydrogens is 178 g/mol. The lowest BCUT2D eigenvalue weighted by Crippen LogP contribution is -1.99. The van der Waals surface area contributed by atoms with Gasteiger partial charge in [0.2, 0.25) is 0 Å². The van der Waals surface area contributed by atoms with Crippen LogP contribution in [0.2, 0.25) is 0 Å². The van der Waals surface area contributed by atoms with Gasteiger partial charge >= 0.3 is 0 Å². The largest absolute Gasteiger partial charge is 0.497 e. The van der Waals surface area contributed by atoms with E-state index in [1.807, 2.05) is 12.1 Å². The van der Waals surface area contributed by atoms with Crippen LogP contribution in [0.1, 0.15) is 18.9 Å². The second kappa shape index (κ2) is 4.74. The standard InChI is InChI=1S/C11H17NO2/c1-4-5-9-10(12)6-8(13-2)7-11(9)14-3/h6-7H,4-5,12H2,1-3H3. The molecule has 1 aromatic carbocycles. The fraction of sp³-hybridized carbons (Fsp3) is 0.455. The fourth-order valence-corrected chi connectivity index (χ4v) is 1.46. The Kier molecular flexibility index (Phi) is 3.63. The molecule has 0 atom stereocenters. The lowest BCUT2D eigenvalue weighted by Gasteiger charge is -2.12. The summed E-state index contributed by atoms with van der Waals surface area (Å²) in [6.07, 6.45) is 1.98. The van der Waals surface area contributed by atoms with Crippen molar-refractivity contribution in [3.05, 3.63) is 17.7 Å². The van der Waals surface area contributed by atoms with Crippen LogP contribution in [0.5, 0.6) is 11.5 Å². The predicted molar refractivity (Wildman–Crippen MR) is 58.0 cm³/mol. The van der Waals surface area contributed by atoms with Crippen LogP contribution in [-0.4, -0.2) is 14.2 Å². The van der Waals surface area contributed by atoms with Crippen LogP contribution in [0.25, 0.3) is 0 Å². The molecule has 1 rings (SSSR count). The molecular formula is C11H17NO2. The molecule has 0 saturated carbocycles. The third-order valence-electron chi connectivity index (χ3n) is 2.17. The molecule has 0 bridgehead atoms. The van der Waals surface area contributed by atoms with E-state index in [9.17, 15) is 0 Å². The van der Waals surface area contributed by atoms with Crippen LogP contribution in [0, 0.1) is 0 Å². The van der Waals surface area contributed by atoms with Crippen molar-refractivity contribution < 1.29 is 9.47 Å². The molecule has 0 aliphatic heterocycles. The van der Waals surface area contributed by atoms with E-state index >= 15 is 0 Å². The number of rotatable bonds is 4. The maximum absolute atomic E-state index is 5.90. The Labute approximate surface area is 84.8 Å². The molecule has 2 N–H and O–H groups in total. The minimum absolute atomic E-state index is 0.735. The maximum atomic E-state index is 5.90. The summed E-state index contributed by atoms with van der Waals surface area (Å²) >= 11 is 0. The van der Waals surface area contributed by atoms with Crippen molar-refractivity contribution in [3.8, 4) is 11.5 Å². The highest BCUT2D eigenvalue weighted by Crippen LogP contribution is 2.31. The SMILES string of the molecule is CCCc1c(N)cc(OC)cc1OC. The number of ether oxygens (including phenoxy) is 2. The Morgan fingerprint density at radius 1 is 1.21 bits per heavy atom. The Morgan fingerprint density at radius 2 is 1.93 bits per heavy atom. The van der Waals surface area contributed by atoms with E-state index in [1.54, 1.807) is 14.2 Å². The van der Waals surface area contributed by atoms with Gasteiger partial charge in [0.15, 0.2) is 0 Å². The predicted octanol–water partition coefficient (Wildman–Crippen LogP) is 2.24. The second-order valence-electron chi connectivity index (χ2n) is 3.15. The number of hydrogen-bond donors (Lipinski definition) is 1. The number of hydrogen-bond acceptors (Lipinski definition) is 3. The average Bonchev–Trinajstić information content (AvgIpc) is 2.20. The topological polar surface area (TPSA) is 44.5 Å². The zero-order valence-electron chi connectivity index (χ0n) is 8.96. The van der Waals surface area contributed by atoms with Gasteiger partial charge in [-0.05, 0) is 6.42 Å². The second-order valence-corrected chi connectivity index (χ2v) is 3.15. The Balaban J connectivity index is 3.13. The zero-order valence-corrected chi connectivity index (χ0v) is 8.96. The van der Waals surface area contributed by atoms with Gasteiger partial charge in [0, 0.05) is 23.4 Å². The molecule has 0 spiro atoms. The summed E-state index contributed by atoms with van der Waals surface area (Å²) in [5.74, 6) is 1.54. The van der Waals surface area contributed by atoms with E-state index in [0.29, 0.717) is 0 Å². The quantitative estimate of drug-likeness (QED) is 0.749. The zero-order chi connectivity index (χ0) is 10.6. The molecule has 0 aliphatic carbocycles. The van der Waals surface area contributed by atoms with Gasteiger partial charge in [-0.2, -0.15) is 0 Å². The lowest BCUT2D eigenvalue weighted by molar-refractivity contribution is 0.391. The normalized spacial score (nSPS) is 9.93. The third-order valence-corrected chi connectivity index (χ3v) is 2.17. The summed E-state index contributed by atoms with van der Waals surface area (Å²) in [6, 6.07) is 3.69. The van der Waals surface area contributed by atoms with E-state index in [4.69, 9.17) is 15.2 Å². The molecule has 0 aliphatic rings.